The van der Waals surface area contributed by atoms with E-state index in [9.17, 15) is 0 Å². The number of hydrogen-bond donors (Lipinski definition) is 1. The molecule has 92 valence electrons. The standard InChI is InChI=1S/C12H24N4/c1-4-6-7-11(5-2)13-9-8-12-15-14-10-16(12)3/h10-11,13H,4-9H2,1-3H3. The fraction of sp³-hybridized carbons (Fsp3) is 0.833. The predicted molar refractivity (Wildman–Crippen MR) is 66.3 cm³/mol. The summed E-state index contributed by atoms with van der Waals surface area (Å²) in [4.78, 5) is 0. The minimum Gasteiger partial charge on any atom is -0.321 e. The Morgan fingerprint density at radius 1 is 1.44 bits per heavy atom. The lowest BCUT2D eigenvalue weighted by Crippen LogP contribution is -2.30. The molecule has 0 saturated heterocycles. The number of nitrogens with one attached hydrogen (secondary N) is 1. The van der Waals surface area contributed by atoms with Gasteiger partial charge in [0.2, 0.25) is 0 Å². The molecule has 0 fully saturated rings. The molecule has 0 bridgehead atoms. The van der Waals surface area contributed by atoms with E-state index >= 15 is 0 Å². The zero-order valence-corrected chi connectivity index (χ0v) is 10.7. The van der Waals surface area contributed by atoms with Crippen molar-refractivity contribution < 1.29 is 0 Å². The second-order valence-corrected chi connectivity index (χ2v) is 4.31. The Morgan fingerprint density at radius 2 is 2.25 bits per heavy atom. The van der Waals surface area contributed by atoms with E-state index in [0.29, 0.717) is 6.04 Å². The third-order valence-corrected chi connectivity index (χ3v) is 2.99. The minimum atomic E-state index is 0.660. The third kappa shape index (κ3) is 4.31. The van der Waals surface area contributed by atoms with E-state index in [-0.39, 0.29) is 0 Å². The van der Waals surface area contributed by atoms with Crippen LogP contribution >= 0.6 is 0 Å². The Hall–Kier alpha value is -0.900. The number of nitrogens with zero attached hydrogens (tertiary/aromatic N) is 3. The molecule has 1 unspecified atom stereocenters. The van der Waals surface area contributed by atoms with Crippen LogP contribution in [0.1, 0.15) is 45.4 Å². The van der Waals surface area contributed by atoms with E-state index in [2.05, 4.69) is 29.4 Å². The summed E-state index contributed by atoms with van der Waals surface area (Å²) in [6.07, 6.45) is 7.80. The summed E-state index contributed by atoms with van der Waals surface area (Å²) in [6, 6.07) is 0.660. The van der Waals surface area contributed by atoms with Crippen LogP contribution in [0.5, 0.6) is 0 Å². The largest absolute Gasteiger partial charge is 0.321 e. The highest BCUT2D eigenvalue weighted by Gasteiger charge is 2.05. The summed E-state index contributed by atoms with van der Waals surface area (Å²) >= 11 is 0. The Kier molecular flexibility index (Phi) is 6.08. The van der Waals surface area contributed by atoms with Gasteiger partial charge in [-0.25, -0.2) is 0 Å². The van der Waals surface area contributed by atoms with Gasteiger partial charge >= 0.3 is 0 Å². The van der Waals surface area contributed by atoms with E-state index in [1.807, 2.05) is 11.6 Å². The van der Waals surface area contributed by atoms with Gasteiger partial charge in [-0.15, -0.1) is 10.2 Å². The molecule has 1 atom stereocenters. The van der Waals surface area contributed by atoms with Gasteiger partial charge in [0.1, 0.15) is 12.2 Å². The van der Waals surface area contributed by atoms with Gasteiger partial charge in [-0.3, -0.25) is 0 Å². The highest BCUT2D eigenvalue weighted by Crippen LogP contribution is 2.04. The maximum atomic E-state index is 4.07. The van der Waals surface area contributed by atoms with E-state index < -0.39 is 0 Å². The summed E-state index contributed by atoms with van der Waals surface area (Å²) in [5.41, 5.74) is 0. The Morgan fingerprint density at radius 3 is 2.81 bits per heavy atom. The SMILES string of the molecule is CCCCC(CC)NCCc1nncn1C. The highest BCUT2D eigenvalue weighted by atomic mass is 15.2. The molecular formula is C12H24N4. The van der Waals surface area contributed by atoms with Gasteiger partial charge in [0, 0.05) is 26.1 Å². The summed E-state index contributed by atoms with van der Waals surface area (Å²) < 4.78 is 1.98. The number of unbranched alkanes of at least 4 members (excludes halogenated alkanes) is 1. The van der Waals surface area contributed by atoms with Crippen LogP contribution in [0.4, 0.5) is 0 Å². The maximum Gasteiger partial charge on any atom is 0.133 e. The first-order valence-corrected chi connectivity index (χ1v) is 6.34. The zero-order chi connectivity index (χ0) is 11.8. The van der Waals surface area contributed by atoms with Crippen molar-refractivity contribution in [1.29, 1.82) is 0 Å². The molecule has 1 N–H and O–H groups in total. The van der Waals surface area contributed by atoms with E-state index in [1.165, 1.54) is 25.7 Å². The van der Waals surface area contributed by atoms with Crippen LogP contribution in [0.25, 0.3) is 0 Å². The van der Waals surface area contributed by atoms with Crippen LogP contribution in [0.2, 0.25) is 0 Å². The Labute approximate surface area is 98.5 Å². The van der Waals surface area contributed by atoms with Crippen molar-refractivity contribution >= 4 is 0 Å². The quantitative estimate of drug-likeness (QED) is 0.733. The number of aromatic nitrogens is 3. The summed E-state index contributed by atoms with van der Waals surface area (Å²) in [5.74, 6) is 1.05. The van der Waals surface area contributed by atoms with Crippen molar-refractivity contribution in [1.82, 2.24) is 20.1 Å². The van der Waals surface area contributed by atoms with Crippen molar-refractivity contribution in [3.63, 3.8) is 0 Å². The van der Waals surface area contributed by atoms with Gasteiger partial charge in [0.05, 0.1) is 0 Å². The smallest absolute Gasteiger partial charge is 0.133 e. The van der Waals surface area contributed by atoms with E-state index in [4.69, 9.17) is 0 Å². The van der Waals surface area contributed by atoms with Crippen molar-refractivity contribution in [2.75, 3.05) is 6.54 Å². The normalized spacial score (nSPS) is 12.9. The minimum absolute atomic E-state index is 0.660. The van der Waals surface area contributed by atoms with E-state index in [0.717, 1.165) is 18.8 Å². The molecule has 1 aromatic rings. The summed E-state index contributed by atoms with van der Waals surface area (Å²) in [7, 11) is 1.99. The van der Waals surface area contributed by atoms with Crippen LogP contribution in [-0.4, -0.2) is 27.4 Å². The number of rotatable bonds is 8. The molecule has 0 amide bonds. The molecule has 4 heteroatoms. The van der Waals surface area contributed by atoms with Crippen molar-refractivity contribution in [3.8, 4) is 0 Å². The number of hydrogen-bond acceptors (Lipinski definition) is 3. The lowest BCUT2D eigenvalue weighted by atomic mass is 10.1. The van der Waals surface area contributed by atoms with Gasteiger partial charge < -0.3 is 9.88 Å². The first kappa shape index (κ1) is 13.2. The van der Waals surface area contributed by atoms with Crippen molar-refractivity contribution in [2.24, 2.45) is 7.05 Å². The molecule has 16 heavy (non-hydrogen) atoms. The van der Waals surface area contributed by atoms with Crippen LogP contribution in [0, 0.1) is 0 Å². The summed E-state index contributed by atoms with van der Waals surface area (Å²) in [5, 5.41) is 11.5. The molecule has 1 rings (SSSR count). The molecule has 1 heterocycles. The second-order valence-electron chi connectivity index (χ2n) is 4.31. The van der Waals surface area contributed by atoms with Gasteiger partial charge in [0.15, 0.2) is 0 Å². The molecule has 0 aliphatic heterocycles. The average molecular weight is 224 g/mol. The third-order valence-electron chi connectivity index (χ3n) is 2.99. The van der Waals surface area contributed by atoms with Crippen LogP contribution in [-0.2, 0) is 13.5 Å². The predicted octanol–water partition coefficient (Wildman–Crippen LogP) is 1.92. The van der Waals surface area contributed by atoms with Crippen molar-refractivity contribution in [3.05, 3.63) is 12.2 Å². The second kappa shape index (κ2) is 7.39. The molecule has 0 spiro atoms. The van der Waals surface area contributed by atoms with Gasteiger partial charge in [-0.2, -0.15) is 0 Å². The molecule has 1 aromatic heterocycles. The summed E-state index contributed by atoms with van der Waals surface area (Å²) in [6.45, 7) is 5.48. The molecule has 4 nitrogen and oxygen atoms in total. The molecule has 0 saturated carbocycles. The maximum absolute atomic E-state index is 4.07. The molecule has 0 radical (unpaired) electrons. The number of aryl methyl sites for hydroxylation is 1. The first-order valence-electron chi connectivity index (χ1n) is 6.34. The van der Waals surface area contributed by atoms with Gasteiger partial charge in [-0.1, -0.05) is 26.7 Å². The first-order chi connectivity index (χ1) is 7.77. The lowest BCUT2D eigenvalue weighted by molar-refractivity contribution is 0.452. The average Bonchev–Trinajstić information content (AvgIpc) is 2.69. The molecular weight excluding hydrogens is 200 g/mol. The zero-order valence-electron chi connectivity index (χ0n) is 10.7. The van der Waals surface area contributed by atoms with Gasteiger partial charge in [-0.05, 0) is 12.8 Å². The van der Waals surface area contributed by atoms with Crippen LogP contribution in [0.3, 0.4) is 0 Å². The molecule has 0 aliphatic carbocycles. The highest BCUT2D eigenvalue weighted by molar-refractivity contribution is 4.85. The molecule has 0 aromatic carbocycles. The Balaban J connectivity index is 2.20. The fourth-order valence-corrected chi connectivity index (χ4v) is 1.82. The van der Waals surface area contributed by atoms with Crippen LogP contribution in [0.15, 0.2) is 6.33 Å². The van der Waals surface area contributed by atoms with Crippen molar-refractivity contribution in [2.45, 2.75) is 52.0 Å². The Bertz CT molecular complexity index is 282. The van der Waals surface area contributed by atoms with E-state index in [1.54, 1.807) is 6.33 Å². The van der Waals surface area contributed by atoms with Crippen LogP contribution < -0.4 is 5.32 Å². The van der Waals surface area contributed by atoms with Gasteiger partial charge in [0.25, 0.3) is 0 Å². The monoisotopic (exact) mass is 224 g/mol. The lowest BCUT2D eigenvalue weighted by Gasteiger charge is -2.16. The fourth-order valence-electron chi connectivity index (χ4n) is 1.82. The topological polar surface area (TPSA) is 42.7 Å². The molecule has 0 aliphatic rings.